The molecule has 4 rings (SSSR count). The first-order valence-corrected chi connectivity index (χ1v) is 12.2. The van der Waals surface area contributed by atoms with Crippen molar-refractivity contribution in [1.29, 1.82) is 0 Å². The highest BCUT2D eigenvalue weighted by Gasteiger charge is 2.34. The number of urea groups is 1. The summed E-state index contributed by atoms with van der Waals surface area (Å²) in [6, 6.07) is 4.68. The maximum Gasteiger partial charge on any atom is 0.326 e. The van der Waals surface area contributed by atoms with E-state index in [0.717, 1.165) is 30.5 Å². The van der Waals surface area contributed by atoms with E-state index in [1.165, 1.54) is 9.80 Å². The number of imide groups is 1. The first kappa shape index (κ1) is 21.8. The zero-order chi connectivity index (χ0) is 22.2. The molecule has 0 unspecified atom stereocenters. The van der Waals surface area contributed by atoms with Gasteiger partial charge in [0.25, 0.3) is 0 Å². The van der Waals surface area contributed by atoms with Gasteiger partial charge in [0.05, 0.1) is 4.90 Å². The molecule has 0 bridgehead atoms. The highest BCUT2D eigenvalue weighted by molar-refractivity contribution is 7.89. The van der Waals surface area contributed by atoms with Crippen LogP contribution in [0.15, 0.2) is 23.1 Å². The third kappa shape index (κ3) is 4.18. The maximum absolute atomic E-state index is 12.9. The summed E-state index contributed by atoms with van der Waals surface area (Å²) >= 11 is 0. The van der Waals surface area contributed by atoms with Crippen molar-refractivity contribution in [1.82, 2.24) is 14.1 Å². The van der Waals surface area contributed by atoms with Crippen LogP contribution in [-0.4, -0.2) is 80.1 Å². The molecule has 4 amide bonds. The molecule has 3 aliphatic heterocycles. The normalized spacial score (nSPS) is 20.0. The summed E-state index contributed by atoms with van der Waals surface area (Å²) in [6.07, 6.45) is 4.06. The van der Waals surface area contributed by atoms with Crippen LogP contribution in [0.2, 0.25) is 0 Å². The predicted molar refractivity (Wildman–Crippen MR) is 114 cm³/mol. The lowest BCUT2D eigenvalue weighted by molar-refractivity contribution is -0.126. The molecule has 0 aromatic heterocycles. The lowest BCUT2D eigenvalue weighted by atomic mass is 10.2. The van der Waals surface area contributed by atoms with E-state index in [-0.39, 0.29) is 42.3 Å². The Balaban J connectivity index is 1.39. The van der Waals surface area contributed by atoms with Gasteiger partial charge in [0.15, 0.2) is 0 Å². The largest absolute Gasteiger partial charge is 0.326 e. The number of fused-ring (bicyclic) bond motifs is 1. The number of likely N-dealkylation sites (N-methyl/N-ethyl adjacent to an activating group) is 1. The molecular weight excluding hydrogens is 420 g/mol. The Kier molecular flexibility index (Phi) is 6.02. The van der Waals surface area contributed by atoms with E-state index < -0.39 is 10.0 Å². The van der Waals surface area contributed by atoms with Crippen molar-refractivity contribution in [2.45, 2.75) is 43.4 Å². The number of hydrogen-bond acceptors (Lipinski definition) is 5. The van der Waals surface area contributed by atoms with E-state index >= 15 is 0 Å². The van der Waals surface area contributed by atoms with Gasteiger partial charge in [0.1, 0.15) is 6.54 Å². The van der Waals surface area contributed by atoms with Crippen molar-refractivity contribution in [3.05, 3.63) is 23.8 Å². The summed E-state index contributed by atoms with van der Waals surface area (Å²) in [7, 11) is -1.93. The van der Waals surface area contributed by atoms with Crippen LogP contribution in [0, 0.1) is 0 Å². The number of amides is 4. The van der Waals surface area contributed by atoms with Crippen LogP contribution in [0.5, 0.6) is 0 Å². The quantitative estimate of drug-likeness (QED) is 0.613. The topological polar surface area (TPSA) is 98.3 Å². The predicted octanol–water partition coefficient (Wildman–Crippen LogP) is 1.42. The Bertz CT molecular complexity index is 1000. The fourth-order valence-corrected chi connectivity index (χ4v) is 6.03. The molecule has 0 spiro atoms. The van der Waals surface area contributed by atoms with E-state index in [2.05, 4.69) is 0 Å². The molecule has 1 aromatic rings. The summed E-state index contributed by atoms with van der Waals surface area (Å²) in [5.41, 5.74) is 1.61. The van der Waals surface area contributed by atoms with E-state index in [0.29, 0.717) is 32.5 Å². The first-order chi connectivity index (χ1) is 14.8. The number of hydrogen-bond donors (Lipinski definition) is 0. The van der Waals surface area contributed by atoms with Gasteiger partial charge in [-0.05, 0) is 49.4 Å². The molecule has 0 atom stereocenters. The third-order valence-corrected chi connectivity index (χ3v) is 8.10. The monoisotopic (exact) mass is 448 g/mol. The van der Waals surface area contributed by atoms with Crippen molar-refractivity contribution in [2.75, 3.05) is 44.7 Å². The van der Waals surface area contributed by atoms with Gasteiger partial charge >= 0.3 is 6.03 Å². The van der Waals surface area contributed by atoms with Crippen LogP contribution in [0.1, 0.15) is 37.7 Å². The number of carbonyl (C=O) groups excluding carboxylic acids is 3. The molecule has 168 valence electrons. The van der Waals surface area contributed by atoms with Gasteiger partial charge in [-0.2, -0.15) is 4.31 Å². The smallest absolute Gasteiger partial charge is 0.318 e. The van der Waals surface area contributed by atoms with Crippen molar-refractivity contribution in [3.8, 4) is 0 Å². The Morgan fingerprint density at radius 3 is 2.48 bits per heavy atom. The summed E-state index contributed by atoms with van der Waals surface area (Å²) in [6.45, 7) is 1.92. The molecule has 0 saturated carbocycles. The molecule has 3 aliphatic rings. The van der Waals surface area contributed by atoms with Crippen molar-refractivity contribution in [3.63, 3.8) is 0 Å². The van der Waals surface area contributed by atoms with Gasteiger partial charge in [-0.25, -0.2) is 13.2 Å². The molecule has 2 saturated heterocycles. The number of piperidine rings is 1. The molecule has 0 aliphatic carbocycles. The number of anilines is 1. The lowest BCUT2D eigenvalue weighted by Crippen LogP contribution is -2.35. The molecule has 9 nitrogen and oxygen atoms in total. The molecule has 31 heavy (non-hydrogen) atoms. The van der Waals surface area contributed by atoms with Crippen LogP contribution < -0.4 is 4.90 Å². The molecule has 0 N–H and O–H groups in total. The van der Waals surface area contributed by atoms with Gasteiger partial charge in [0, 0.05) is 45.3 Å². The number of sulfonamides is 1. The van der Waals surface area contributed by atoms with Gasteiger partial charge in [-0.1, -0.05) is 6.42 Å². The second-order valence-electron chi connectivity index (χ2n) is 8.34. The minimum atomic E-state index is -3.50. The van der Waals surface area contributed by atoms with Crippen molar-refractivity contribution in [2.24, 2.45) is 0 Å². The van der Waals surface area contributed by atoms with Crippen LogP contribution in [0.4, 0.5) is 10.5 Å². The van der Waals surface area contributed by atoms with E-state index in [1.54, 1.807) is 34.5 Å². The number of rotatable bonds is 6. The summed E-state index contributed by atoms with van der Waals surface area (Å²) in [5, 5.41) is 0. The molecule has 10 heteroatoms. The highest BCUT2D eigenvalue weighted by atomic mass is 32.2. The summed E-state index contributed by atoms with van der Waals surface area (Å²) in [4.78, 5) is 41.0. The van der Waals surface area contributed by atoms with E-state index in [1.807, 2.05) is 0 Å². The average molecular weight is 449 g/mol. The van der Waals surface area contributed by atoms with Crippen LogP contribution in [-0.2, 0) is 26.0 Å². The minimum absolute atomic E-state index is 0.0783. The van der Waals surface area contributed by atoms with Gasteiger partial charge in [-0.3, -0.25) is 14.5 Å². The Labute approximate surface area is 182 Å². The fourth-order valence-electron chi connectivity index (χ4n) is 4.46. The number of carbonyl (C=O) groups is 3. The number of benzene rings is 1. The Hall–Kier alpha value is -2.46. The van der Waals surface area contributed by atoms with Crippen LogP contribution in [0.25, 0.3) is 0 Å². The van der Waals surface area contributed by atoms with Crippen molar-refractivity contribution >= 4 is 33.6 Å². The molecule has 1 aromatic carbocycles. The summed E-state index contributed by atoms with van der Waals surface area (Å²) in [5.74, 6) is -0.327. The SMILES string of the molecule is CN1CC(=O)N(CCCC(=O)N2CCc3cc(S(=O)(=O)N4CCCCC4)ccc32)C1=O. The lowest BCUT2D eigenvalue weighted by Gasteiger charge is -2.26. The van der Waals surface area contributed by atoms with Crippen LogP contribution in [0.3, 0.4) is 0 Å². The minimum Gasteiger partial charge on any atom is -0.318 e. The van der Waals surface area contributed by atoms with E-state index in [9.17, 15) is 22.8 Å². The highest BCUT2D eigenvalue weighted by Crippen LogP contribution is 2.32. The second kappa shape index (κ2) is 8.58. The van der Waals surface area contributed by atoms with Gasteiger partial charge in [-0.15, -0.1) is 0 Å². The standard InChI is InChI=1S/C21H28N4O5S/c1-22-15-20(27)25(21(22)28)12-5-6-19(26)24-13-9-16-14-17(7-8-18(16)24)31(29,30)23-10-3-2-4-11-23/h7-8,14H,2-6,9-13,15H2,1H3. The van der Waals surface area contributed by atoms with E-state index in [4.69, 9.17) is 0 Å². The maximum atomic E-state index is 12.9. The molecule has 0 radical (unpaired) electrons. The van der Waals surface area contributed by atoms with Crippen LogP contribution >= 0.6 is 0 Å². The van der Waals surface area contributed by atoms with Crippen molar-refractivity contribution < 1.29 is 22.8 Å². The average Bonchev–Trinajstić information content (AvgIpc) is 3.29. The Morgan fingerprint density at radius 2 is 1.81 bits per heavy atom. The third-order valence-electron chi connectivity index (χ3n) is 6.20. The zero-order valence-electron chi connectivity index (χ0n) is 17.7. The molecular formula is C21H28N4O5S. The Morgan fingerprint density at radius 1 is 1.06 bits per heavy atom. The summed E-state index contributed by atoms with van der Waals surface area (Å²) < 4.78 is 27.4. The first-order valence-electron chi connectivity index (χ1n) is 10.8. The van der Waals surface area contributed by atoms with Gasteiger partial charge < -0.3 is 9.80 Å². The van der Waals surface area contributed by atoms with Gasteiger partial charge in [0.2, 0.25) is 21.8 Å². The molecule has 3 heterocycles. The zero-order valence-corrected chi connectivity index (χ0v) is 18.6. The number of nitrogens with zero attached hydrogens (tertiary/aromatic N) is 4. The fraction of sp³-hybridized carbons (Fsp3) is 0.571. The second-order valence-corrected chi connectivity index (χ2v) is 10.3. The molecule has 2 fully saturated rings.